The van der Waals surface area contributed by atoms with Gasteiger partial charge in [-0.1, -0.05) is 13.3 Å². The molecule has 1 fully saturated rings. The van der Waals surface area contributed by atoms with E-state index in [9.17, 15) is 5.11 Å². The van der Waals surface area contributed by atoms with Crippen molar-refractivity contribution in [3.63, 3.8) is 0 Å². The Morgan fingerprint density at radius 1 is 1.47 bits per heavy atom. The van der Waals surface area contributed by atoms with Gasteiger partial charge < -0.3 is 15.2 Å². The van der Waals surface area contributed by atoms with Crippen LogP contribution in [0.25, 0.3) is 0 Å². The van der Waals surface area contributed by atoms with Crippen LogP contribution in [0, 0.1) is 0 Å². The summed E-state index contributed by atoms with van der Waals surface area (Å²) in [5.74, 6) is 1.23. The lowest BCUT2D eigenvalue weighted by Crippen LogP contribution is -2.13. The average molecular weight is 235 g/mol. The standard InChI is InChI=1S/C14H21NO2/c1-2-3-9-17-11-6-7-14(16)12(10-11)13-5-4-8-15-13/h6-7,10,13,15-16H,2-5,8-9H2,1H3/t13-/m1/s1. The second-order valence-electron chi connectivity index (χ2n) is 4.57. The Balaban J connectivity index is 2.06. The molecule has 2 rings (SSSR count). The van der Waals surface area contributed by atoms with Crippen LogP contribution in [0.4, 0.5) is 0 Å². The van der Waals surface area contributed by atoms with E-state index in [-0.39, 0.29) is 6.04 Å². The van der Waals surface area contributed by atoms with Crippen LogP contribution >= 0.6 is 0 Å². The van der Waals surface area contributed by atoms with Crippen molar-refractivity contribution in [3.05, 3.63) is 23.8 Å². The molecule has 2 N–H and O–H groups in total. The van der Waals surface area contributed by atoms with Gasteiger partial charge in [0.05, 0.1) is 6.61 Å². The summed E-state index contributed by atoms with van der Waals surface area (Å²) in [4.78, 5) is 0. The smallest absolute Gasteiger partial charge is 0.120 e. The fourth-order valence-electron chi connectivity index (χ4n) is 2.19. The molecule has 1 heterocycles. The van der Waals surface area contributed by atoms with E-state index >= 15 is 0 Å². The number of phenolic OH excluding ortho intramolecular Hbond substituents is 1. The zero-order valence-electron chi connectivity index (χ0n) is 10.4. The summed E-state index contributed by atoms with van der Waals surface area (Å²) < 4.78 is 5.66. The zero-order chi connectivity index (χ0) is 12.1. The molecule has 3 nitrogen and oxygen atoms in total. The predicted octanol–water partition coefficient (Wildman–Crippen LogP) is 3.00. The Morgan fingerprint density at radius 3 is 3.06 bits per heavy atom. The lowest BCUT2D eigenvalue weighted by Gasteiger charge is -2.14. The Kier molecular flexibility index (Phi) is 4.26. The fourth-order valence-corrected chi connectivity index (χ4v) is 2.19. The van der Waals surface area contributed by atoms with Crippen LogP contribution < -0.4 is 10.1 Å². The summed E-state index contributed by atoms with van der Waals surface area (Å²) in [5, 5.41) is 13.3. The molecule has 0 unspecified atom stereocenters. The molecule has 0 radical (unpaired) electrons. The lowest BCUT2D eigenvalue weighted by molar-refractivity contribution is 0.308. The highest BCUT2D eigenvalue weighted by atomic mass is 16.5. The highest BCUT2D eigenvalue weighted by molar-refractivity contribution is 5.41. The topological polar surface area (TPSA) is 41.5 Å². The number of ether oxygens (including phenoxy) is 1. The lowest BCUT2D eigenvalue weighted by atomic mass is 10.0. The van der Waals surface area contributed by atoms with Gasteiger partial charge in [0.1, 0.15) is 11.5 Å². The number of aromatic hydroxyl groups is 1. The van der Waals surface area contributed by atoms with Gasteiger partial charge >= 0.3 is 0 Å². The second kappa shape index (κ2) is 5.92. The van der Waals surface area contributed by atoms with E-state index in [0.29, 0.717) is 5.75 Å². The minimum absolute atomic E-state index is 0.282. The number of hydrogen-bond acceptors (Lipinski definition) is 3. The van der Waals surface area contributed by atoms with Gasteiger partial charge in [-0.05, 0) is 44.0 Å². The molecule has 1 aliphatic rings. The summed E-state index contributed by atoms with van der Waals surface area (Å²) in [6.07, 6.45) is 4.46. The molecule has 0 bridgehead atoms. The monoisotopic (exact) mass is 235 g/mol. The molecular weight excluding hydrogens is 214 g/mol. The molecule has 0 aromatic heterocycles. The minimum Gasteiger partial charge on any atom is -0.508 e. The van der Waals surface area contributed by atoms with E-state index in [1.807, 2.05) is 12.1 Å². The Morgan fingerprint density at radius 2 is 2.35 bits per heavy atom. The van der Waals surface area contributed by atoms with Gasteiger partial charge in [0.2, 0.25) is 0 Å². The quantitative estimate of drug-likeness (QED) is 0.771. The fraction of sp³-hybridized carbons (Fsp3) is 0.571. The number of unbranched alkanes of at least 4 members (excludes halogenated alkanes) is 1. The van der Waals surface area contributed by atoms with Crippen molar-refractivity contribution in [2.45, 2.75) is 38.6 Å². The van der Waals surface area contributed by atoms with E-state index in [2.05, 4.69) is 12.2 Å². The molecule has 1 saturated heterocycles. The maximum Gasteiger partial charge on any atom is 0.120 e. The molecule has 0 saturated carbocycles. The summed E-state index contributed by atoms with van der Waals surface area (Å²) in [5.41, 5.74) is 0.969. The normalized spacial score (nSPS) is 19.5. The van der Waals surface area contributed by atoms with Gasteiger partial charge in [0.25, 0.3) is 0 Å². The van der Waals surface area contributed by atoms with Crippen LogP contribution in [0.5, 0.6) is 11.5 Å². The van der Waals surface area contributed by atoms with E-state index in [4.69, 9.17) is 4.74 Å². The van der Waals surface area contributed by atoms with Gasteiger partial charge in [-0.25, -0.2) is 0 Å². The van der Waals surface area contributed by atoms with E-state index in [0.717, 1.165) is 43.7 Å². The van der Waals surface area contributed by atoms with Crippen LogP contribution in [0.15, 0.2) is 18.2 Å². The van der Waals surface area contributed by atoms with Crippen LogP contribution in [-0.4, -0.2) is 18.3 Å². The van der Waals surface area contributed by atoms with E-state index in [1.54, 1.807) is 6.07 Å². The van der Waals surface area contributed by atoms with Gasteiger partial charge in [-0.3, -0.25) is 0 Å². The first-order valence-corrected chi connectivity index (χ1v) is 6.50. The summed E-state index contributed by atoms with van der Waals surface area (Å²) >= 11 is 0. The molecule has 3 heteroatoms. The largest absolute Gasteiger partial charge is 0.508 e. The first kappa shape index (κ1) is 12.2. The van der Waals surface area contributed by atoms with Crippen molar-refractivity contribution < 1.29 is 9.84 Å². The van der Waals surface area contributed by atoms with E-state index in [1.165, 1.54) is 6.42 Å². The number of rotatable bonds is 5. The number of benzene rings is 1. The van der Waals surface area contributed by atoms with E-state index < -0.39 is 0 Å². The predicted molar refractivity (Wildman–Crippen MR) is 68.5 cm³/mol. The summed E-state index contributed by atoms with van der Waals surface area (Å²) in [6, 6.07) is 5.82. The molecule has 0 amide bonds. The number of phenols is 1. The van der Waals surface area contributed by atoms with Gasteiger partial charge in [-0.15, -0.1) is 0 Å². The van der Waals surface area contributed by atoms with Gasteiger partial charge in [0.15, 0.2) is 0 Å². The Hall–Kier alpha value is -1.22. The number of hydrogen-bond donors (Lipinski definition) is 2. The molecule has 0 spiro atoms. The molecule has 17 heavy (non-hydrogen) atoms. The third kappa shape index (κ3) is 3.13. The molecule has 1 aromatic carbocycles. The van der Waals surface area contributed by atoms with Crippen molar-refractivity contribution in [3.8, 4) is 11.5 Å². The molecular formula is C14H21NO2. The van der Waals surface area contributed by atoms with Crippen LogP contribution in [0.2, 0.25) is 0 Å². The van der Waals surface area contributed by atoms with Crippen LogP contribution in [-0.2, 0) is 0 Å². The number of nitrogens with one attached hydrogen (secondary N) is 1. The second-order valence-corrected chi connectivity index (χ2v) is 4.57. The van der Waals surface area contributed by atoms with Crippen molar-refractivity contribution in [1.29, 1.82) is 0 Å². The first-order chi connectivity index (χ1) is 8.31. The molecule has 1 aromatic rings. The van der Waals surface area contributed by atoms with Crippen molar-refractivity contribution in [2.75, 3.05) is 13.2 Å². The Labute approximate surface area is 103 Å². The molecule has 94 valence electrons. The van der Waals surface area contributed by atoms with Crippen molar-refractivity contribution in [2.24, 2.45) is 0 Å². The summed E-state index contributed by atoms with van der Waals surface area (Å²) in [6.45, 7) is 3.93. The average Bonchev–Trinajstić information content (AvgIpc) is 2.85. The summed E-state index contributed by atoms with van der Waals surface area (Å²) in [7, 11) is 0. The molecule has 1 atom stereocenters. The molecule has 1 aliphatic heterocycles. The van der Waals surface area contributed by atoms with Crippen molar-refractivity contribution >= 4 is 0 Å². The Bertz CT molecular complexity index is 359. The SMILES string of the molecule is CCCCOc1ccc(O)c([C@H]2CCCN2)c1. The highest BCUT2D eigenvalue weighted by Gasteiger charge is 2.19. The van der Waals surface area contributed by atoms with Gasteiger partial charge in [0, 0.05) is 11.6 Å². The van der Waals surface area contributed by atoms with Crippen LogP contribution in [0.3, 0.4) is 0 Å². The maximum atomic E-state index is 9.87. The molecule has 0 aliphatic carbocycles. The van der Waals surface area contributed by atoms with Gasteiger partial charge in [-0.2, -0.15) is 0 Å². The highest BCUT2D eigenvalue weighted by Crippen LogP contribution is 2.32. The van der Waals surface area contributed by atoms with Crippen LogP contribution in [0.1, 0.15) is 44.2 Å². The third-order valence-corrected chi connectivity index (χ3v) is 3.20. The van der Waals surface area contributed by atoms with Crippen molar-refractivity contribution in [1.82, 2.24) is 5.32 Å². The minimum atomic E-state index is 0.282. The third-order valence-electron chi connectivity index (χ3n) is 3.20. The maximum absolute atomic E-state index is 9.87. The zero-order valence-corrected chi connectivity index (χ0v) is 10.4. The first-order valence-electron chi connectivity index (χ1n) is 6.50.